The molecule has 1 N–H and O–H groups in total. The van der Waals surface area contributed by atoms with Gasteiger partial charge in [-0.05, 0) is 68.1 Å². The van der Waals surface area contributed by atoms with Crippen LogP contribution in [0.3, 0.4) is 0 Å². The molecule has 2 aromatic carbocycles. The van der Waals surface area contributed by atoms with Gasteiger partial charge in [0.2, 0.25) is 0 Å². The molecule has 0 aliphatic carbocycles. The summed E-state index contributed by atoms with van der Waals surface area (Å²) in [6, 6.07) is 10.0. The maximum Gasteiger partial charge on any atom is 0.124 e. The Kier molecular flexibility index (Phi) is 6.95. The van der Waals surface area contributed by atoms with Gasteiger partial charge in [-0.15, -0.1) is 0 Å². The number of hydrogen-bond acceptors (Lipinski definition) is 2. The van der Waals surface area contributed by atoms with E-state index in [2.05, 4.69) is 42.2 Å². The standard InChI is InChI=1S/C10H11BrFN.C10H9BrFN/c2*11-9-6-7(12)3-4-8(9)10-2-1-5-13-10/h3-4,6,10,13H,1-2,5H2;3-4,6H,1-2,5H2. The zero-order chi connectivity index (χ0) is 18.5. The van der Waals surface area contributed by atoms with Crippen LogP contribution in [0.15, 0.2) is 50.3 Å². The molecule has 0 saturated carbocycles. The van der Waals surface area contributed by atoms with Gasteiger partial charge in [-0.25, -0.2) is 8.78 Å². The fraction of sp³-hybridized carbons (Fsp3) is 0.350. The second-order valence-electron chi connectivity index (χ2n) is 6.37. The number of hydrogen-bond donors (Lipinski definition) is 1. The number of benzene rings is 2. The Labute approximate surface area is 169 Å². The van der Waals surface area contributed by atoms with E-state index in [9.17, 15) is 8.78 Å². The third kappa shape index (κ3) is 4.99. The molecule has 6 heteroatoms. The Morgan fingerprint density at radius 3 is 2.27 bits per heavy atom. The molecule has 0 radical (unpaired) electrons. The second-order valence-corrected chi connectivity index (χ2v) is 8.08. The first-order chi connectivity index (χ1) is 12.5. The lowest BCUT2D eigenvalue weighted by molar-refractivity contribution is 0.615. The Hall–Kier alpha value is -1.11. The van der Waals surface area contributed by atoms with Crippen LogP contribution in [0.2, 0.25) is 0 Å². The summed E-state index contributed by atoms with van der Waals surface area (Å²) < 4.78 is 27.2. The van der Waals surface area contributed by atoms with Gasteiger partial charge in [-0.3, -0.25) is 4.99 Å². The van der Waals surface area contributed by atoms with Crippen LogP contribution in [-0.2, 0) is 0 Å². The Balaban J connectivity index is 0.000000151. The second kappa shape index (κ2) is 9.20. The maximum atomic E-state index is 12.8. The Morgan fingerprint density at radius 1 is 0.962 bits per heavy atom. The molecule has 0 spiro atoms. The number of halogens is 4. The minimum absolute atomic E-state index is 0.186. The van der Waals surface area contributed by atoms with Gasteiger partial charge < -0.3 is 5.32 Å². The molecule has 2 heterocycles. The molecule has 2 aliphatic heterocycles. The fourth-order valence-corrected chi connectivity index (χ4v) is 4.42. The van der Waals surface area contributed by atoms with E-state index in [0.717, 1.165) is 52.6 Å². The van der Waals surface area contributed by atoms with E-state index in [0.29, 0.717) is 6.04 Å². The smallest absolute Gasteiger partial charge is 0.124 e. The van der Waals surface area contributed by atoms with E-state index in [1.807, 2.05) is 6.07 Å². The normalized spacial score (nSPS) is 19.1. The third-order valence-electron chi connectivity index (χ3n) is 4.51. The lowest BCUT2D eigenvalue weighted by Gasteiger charge is -2.12. The van der Waals surface area contributed by atoms with Crippen molar-refractivity contribution in [3.63, 3.8) is 0 Å². The zero-order valence-electron chi connectivity index (χ0n) is 14.2. The molecule has 1 saturated heterocycles. The molecule has 26 heavy (non-hydrogen) atoms. The van der Waals surface area contributed by atoms with Crippen LogP contribution in [0, 0.1) is 11.6 Å². The van der Waals surface area contributed by atoms with E-state index >= 15 is 0 Å². The van der Waals surface area contributed by atoms with Crippen molar-refractivity contribution < 1.29 is 8.78 Å². The highest BCUT2D eigenvalue weighted by Crippen LogP contribution is 2.29. The van der Waals surface area contributed by atoms with Crippen LogP contribution in [0.1, 0.15) is 42.9 Å². The van der Waals surface area contributed by atoms with Gasteiger partial charge in [0.05, 0.1) is 0 Å². The van der Waals surface area contributed by atoms with Crippen LogP contribution < -0.4 is 5.32 Å². The molecule has 1 atom stereocenters. The molecule has 4 rings (SSSR count). The zero-order valence-corrected chi connectivity index (χ0v) is 17.4. The topological polar surface area (TPSA) is 24.4 Å². The van der Waals surface area contributed by atoms with Crippen LogP contribution in [0.5, 0.6) is 0 Å². The number of nitrogens with zero attached hydrogens (tertiary/aromatic N) is 1. The quantitative estimate of drug-likeness (QED) is 0.539. The summed E-state index contributed by atoms with van der Waals surface area (Å²) in [5.74, 6) is -0.400. The summed E-state index contributed by atoms with van der Waals surface area (Å²) in [5, 5.41) is 3.38. The molecule has 1 unspecified atom stereocenters. The third-order valence-corrected chi connectivity index (χ3v) is 5.86. The van der Waals surface area contributed by atoms with Crippen molar-refractivity contribution >= 4 is 37.6 Å². The highest BCUT2D eigenvalue weighted by molar-refractivity contribution is 9.10. The molecule has 2 aromatic rings. The summed E-state index contributed by atoms with van der Waals surface area (Å²) in [7, 11) is 0. The van der Waals surface area contributed by atoms with Crippen molar-refractivity contribution in [2.75, 3.05) is 13.1 Å². The van der Waals surface area contributed by atoms with Gasteiger partial charge in [0.1, 0.15) is 11.6 Å². The molecule has 2 nitrogen and oxygen atoms in total. The maximum absolute atomic E-state index is 12.8. The minimum Gasteiger partial charge on any atom is -0.310 e. The van der Waals surface area contributed by atoms with E-state index in [4.69, 9.17) is 0 Å². The fourth-order valence-electron chi connectivity index (χ4n) is 3.22. The van der Waals surface area contributed by atoms with Crippen molar-refractivity contribution in [3.8, 4) is 0 Å². The molecule has 0 bridgehead atoms. The van der Waals surface area contributed by atoms with Gasteiger partial charge in [0.25, 0.3) is 0 Å². The van der Waals surface area contributed by atoms with Crippen molar-refractivity contribution in [2.24, 2.45) is 4.99 Å². The Bertz CT molecular complexity index is 802. The van der Waals surface area contributed by atoms with Gasteiger partial charge in [0, 0.05) is 32.8 Å². The predicted molar refractivity (Wildman–Crippen MR) is 109 cm³/mol. The lowest BCUT2D eigenvalue weighted by atomic mass is 10.1. The summed E-state index contributed by atoms with van der Waals surface area (Å²) in [6.45, 7) is 1.97. The molecule has 2 aliphatic rings. The highest BCUT2D eigenvalue weighted by Gasteiger charge is 2.18. The summed E-state index contributed by atoms with van der Waals surface area (Å²) in [6.07, 6.45) is 4.46. The minimum atomic E-state index is -0.214. The first-order valence-corrected chi connectivity index (χ1v) is 10.3. The molecule has 1 fully saturated rings. The first-order valence-electron chi connectivity index (χ1n) is 8.71. The predicted octanol–water partition coefficient (Wildman–Crippen LogP) is 6.18. The van der Waals surface area contributed by atoms with Gasteiger partial charge >= 0.3 is 0 Å². The number of rotatable bonds is 2. The molecular weight excluding hydrogens is 466 g/mol. The summed E-state index contributed by atoms with van der Waals surface area (Å²) in [5.41, 5.74) is 3.28. The average Bonchev–Trinajstić information content (AvgIpc) is 3.29. The molecule has 0 aromatic heterocycles. The van der Waals surface area contributed by atoms with E-state index in [1.165, 1.54) is 36.2 Å². The average molecular weight is 486 g/mol. The Morgan fingerprint density at radius 2 is 1.69 bits per heavy atom. The van der Waals surface area contributed by atoms with Crippen molar-refractivity contribution in [3.05, 3.63) is 68.1 Å². The largest absolute Gasteiger partial charge is 0.310 e. The van der Waals surface area contributed by atoms with Crippen molar-refractivity contribution in [1.29, 1.82) is 0 Å². The molecule has 0 amide bonds. The van der Waals surface area contributed by atoms with E-state index in [-0.39, 0.29) is 11.6 Å². The number of nitrogens with one attached hydrogen (secondary N) is 1. The van der Waals surface area contributed by atoms with E-state index in [1.54, 1.807) is 6.07 Å². The van der Waals surface area contributed by atoms with Gasteiger partial charge in [-0.2, -0.15) is 0 Å². The van der Waals surface area contributed by atoms with Crippen LogP contribution in [0.25, 0.3) is 0 Å². The molecule has 138 valence electrons. The van der Waals surface area contributed by atoms with Crippen molar-refractivity contribution in [2.45, 2.75) is 31.7 Å². The summed E-state index contributed by atoms with van der Waals surface area (Å²) >= 11 is 6.71. The number of aliphatic imine (C=N–C) groups is 1. The van der Waals surface area contributed by atoms with E-state index < -0.39 is 0 Å². The first kappa shape index (κ1) is 19.6. The van der Waals surface area contributed by atoms with Crippen molar-refractivity contribution in [1.82, 2.24) is 5.32 Å². The summed E-state index contributed by atoms with van der Waals surface area (Å²) in [4.78, 5) is 4.36. The van der Waals surface area contributed by atoms with Gasteiger partial charge in [-0.1, -0.05) is 37.9 Å². The van der Waals surface area contributed by atoms with Gasteiger partial charge in [0.15, 0.2) is 0 Å². The van der Waals surface area contributed by atoms with Crippen LogP contribution >= 0.6 is 31.9 Å². The van der Waals surface area contributed by atoms with Crippen LogP contribution in [0.4, 0.5) is 8.78 Å². The molecular formula is C20H20Br2F2N2. The lowest BCUT2D eigenvalue weighted by Crippen LogP contribution is -2.13. The SMILES string of the molecule is Fc1ccc(C2=NCCC2)c(Br)c1.Fc1ccc(C2CCCN2)c(Br)c1. The monoisotopic (exact) mass is 484 g/mol. The van der Waals surface area contributed by atoms with Crippen LogP contribution in [-0.4, -0.2) is 18.8 Å². The highest BCUT2D eigenvalue weighted by atomic mass is 79.9.